The largest absolute Gasteiger partial charge is 0.478 e. The van der Waals surface area contributed by atoms with Crippen molar-refractivity contribution < 1.29 is 19.5 Å². The molecule has 1 aromatic heterocycles. The molecule has 0 saturated carbocycles. The Balaban J connectivity index is 2.23. The summed E-state index contributed by atoms with van der Waals surface area (Å²) in [5.41, 5.74) is 1.64. The lowest BCUT2D eigenvalue weighted by Gasteiger charge is -1.96. The molecule has 0 saturated heterocycles. The van der Waals surface area contributed by atoms with Crippen molar-refractivity contribution in [3.63, 3.8) is 0 Å². The van der Waals surface area contributed by atoms with Gasteiger partial charge in [0.05, 0.1) is 12.2 Å². The molecule has 0 atom stereocenters. The summed E-state index contributed by atoms with van der Waals surface area (Å²) in [6.07, 6.45) is 0.417. The number of benzene rings is 1. The molecule has 5 heteroatoms. The van der Waals surface area contributed by atoms with Crippen LogP contribution in [-0.2, 0) is 6.42 Å². The molecule has 5 nitrogen and oxygen atoms in total. The van der Waals surface area contributed by atoms with Gasteiger partial charge >= 0.3 is 5.97 Å². The van der Waals surface area contributed by atoms with E-state index < -0.39 is 5.97 Å². The van der Waals surface area contributed by atoms with E-state index in [4.69, 9.17) is 14.7 Å². The van der Waals surface area contributed by atoms with Crippen molar-refractivity contribution in [3.05, 3.63) is 41.7 Å². The van der Waals surface area contributed by atoms with E-state index in [0.29, 0.717) is 17.9 Å². The molecule has 0 radical (unpaired) electrons. The third-order valence-electron chi connectivity index (χ3n) is 2.34. The van der Waals surface area contributed by atoms with Gasteiger partial charge in [0, 0.05) is 18.1 Å². The van der Waals surface area contributed by atoms with E-state index in [1.165, 1.54) is 12.1 Å². The SMILES string of the molecule is O=C(O)c1ccc(-c2cc(CCO)on2)cc1. The normalized spacial score (nSPS) is 10.4. The smallest absolute Gasteiger partial charge is 0.335 e. The minimum absolute atomic E-state index is 0.00653. The molecule has 0 spiro atoms. The van der Waals surface area contributed by atoms with Crippen LogP contribution in [0.5, 0.6) is 0 Å². The fourth-order valence-electron chi connectivity index (χ4n) is 1.46. The summed E-state index contributed by atoms with van der Waals surface area (Å²) >= 11 is 0. The minimum Gasteiger partial charge on any atom is -0.478 e. The number of hydrogen-bond donors (Lipinski definition) is 2. The first-order valence-corrected chi connectivity index (χ1v) is 5.11. The molecule has 2 aromatic rings. The molecule has 0 amide bonds. The molecule has 2 N–H and O–H groups in total. The zero-order valence-electron chi connectivity index (χ0n) is 8.96. The maximum Gasteiger partial charge on any atom is 0.335 e. The van der Waals surface area contributed by atoms with Gasteiger partial charge in [-0.05, 0) is 12.1 Å². The van der Waals surface area contributed by atoms with Crippen LogP contribution in [0.25, 0.3) is 11.3 Å². The first kappa shape index (κ1) is 11.3. The van der Waals surface area contributed by atoms with E-state index in [9.17, 15) is 4.79 Å². The zero-order valence-corrected chi connectivity index (χ0v) is 8.96. The fourth-order valence-corrected chi connectivity index (χ4v) is 1.46. The molecule has 1 heterocycles. The standard InChI is InChI=1S/C12H11NO4/c14-6-5-10-7-11(13-17-10)8-1-3-9(4-2-8)12(15)16/h1-4,7,14H,5-6H2,(H,15,16). The Morgan fingerprint density at radius 2 is 2.00 bits per heavy atom. The first-order valence-electron chi connectivity index (χ1n) is 5.11. The van der Waals surface area contributed by atoms with Crippen LogP contribution < -0.4 is 0 Å². The third kappa shape index (κ3) is 2.51. The Bertz CT molecular complexity index is 516. The molecule has 88 valence electrons. The van der Waals surface area contributed by atoms with Crippen LogP contribution in [-0.4, -0.2) is 27.9 Å². The van der Waals surface area contributed by atoms with E-state index in [1.807, 2.05) is 0 Å². The number of hydrogen-bond acceptors (Lipinski definition) is 4. The topological polar surface area (TPSA) is 83.6 Å². The Labute approximate surface area is 97.3 Å². The molecular weight excluding hydrogens is 222 g/mol. The number of carboxylic acids is 1. The summed E-state index contributed by atoms with van der Waals surface area (Å²) in [5.74, 6) is -0.359. The predicted octanol–water partition coefficient (Wildman–Crippen LogP) is 1.57. The van der Waals surface area contributed by atoms with Crippen molar-refractivity contribution in [1.29, 1.82) is 0 Å². The number of aromatic carboxylic acids is 1. The van der Waals surface area contributed by atoms with Gasteiger partial charge in [-0.25, -0.2) is 4.79 Å². The van der Waals surface area contributed by atoms with E-state index in [-0.39, 0.29) is 12.2 Å². The van der Waals surface area contributed by atoms with Crippen molar-refractivity contribution in [2.75, 3.05) is 6.61 Å². The van der Waals surface area contributed by atoms with Crippen molar-refractivity contribution in [2.45, 2.75) is 6.42 Å². The van der Waals surface area contributed by atoms with Crippen molar-refractivity contribution in [1.82, 2.24) is 5.16 Å². The lowest BCUT2D eigenvalue weighted by molar-refractivity contribution is 0.0697. The highest BCUT2D eigenvalue weighted by Crippen LogP contribution is 2.19. The van der Waals surface area contributed by atoms with E-state index in [2.05, 4.69) is 5.16 Å². The van der Waals surface area contributed by atoms with E-state index in [1.54, 1.807) is 18.2 Å². The van der Waals surface area contributed by atoms with Gasteiger partial charge in [0.2, 0.25) is 0 Å². The molecular formula is C12H11NO4. The monoisotopic (exact) mass is 233 g/mol. The van der Waals surface area contributed by atoms with Crippen molar-refractivity contribution >= 4 is 5.97 Å². The fraction of sp³-hybridized carbons (Fsp3) is 0.167. The Hall–Kier alpha value is -2.14. The second-order valence-electron chi connectivity index (χ2n) is 3.53. The number of aliphatic hydroxyl groups is 1. The molecule has 2 rings (SSSR count). The summed E-state index contributed by atoms with van der Waals surface area (Å²) in [4.78, 5) is 10.7. The average Bonchev–Trinajstić information content (AvgIpc) is 2.78. The van der Waals surface area contributed by atoms with Gasteiger partial charge in [0.25, 0.3) is 0 Å². The second kappa shape index (κ2) is 4.80. The van der Waals surface area contributed by atoms with Gasteiger partial charge in [-0.15, -0.1) is 0 Å². The quantitative estimate of drug-likeness (QED) is 0.837. The third-order valence-corrected chi connectivity index (χ3v) is 2.34. The molecule has 0 fully saturated rings. The highest BCUT2D eigenvalue weighted by atomic mass is 16.5. The van der Waals surface area contributed by atoms with Crippen LogP contribution in [0.1, 0.15) is 16.1 Å². The van der Waals surface area contributed by atoms with Gasteiger partial charge in [-0.1, -0.05) is 17.3 Å². The summed E-state index contributed by atoms with van der Waals surface area (Å²) in [5, 5.41) is 21.3. The van der Waals surface area contributed by atoms with Gasteiger partial charge in [0.1, 0.15) is 11.5 Å². The maximum atomic E-state index is 10.7. The highest BCUT2D eigenvalue weighted by Gasteiger charge is 2.07. The van der Waals surface area contributed by atoms with Crippen LogP contribution in [0.2, 0.25) is 0 Å². The number of aliphatic hydroxyl groups excluding tert-OH is 1. The number of nitrogens with zero attached hydrogens (tertiary/aromatic N) is 1. The van der Waals surface area contributed by atoms with E-state index >= 15 is 0 Å². The van der Waals surface area contributed by atoms with Crippen molar-refractivity contribution in [2.24, 2.45) is 0 Å². The minimum atomic E-state index is -0.960. The van der Waals surface area contributed by atoms with E-state index in [0.717, 1.165) is 5.56 Å². The van der Waals surface area contributed by atoms with Gasteiger partial charge in [-0.2, -0.15) is 0 Å². The summed E-state index contributed by atoms with van der Waals surface area (Å²) < 4.78 is 5.01. The number of carbonyl (C=O) groups is 1. The van der Waals surface area contributed by atoms with Crippen LogP contribution in [0.3, 0.4) is 0 Å². The van der Waals surface area contributed by atoms with Crippen LogP contribution in [0.15, 0.2) is 34.9 Å². The Morgan fingerprint density at radius 3 is 2.59 bits per heavy atom. The molecule has 0 bridgehead atoms. The molecule has 0 aliphatic carbocycles. The molecule has 0 unspecified atom stereocenters. The zero-order chi connectivity index (χ0) is 12.3. The summed E-state index contributed by atoms with van der Waals surface area (Å²) in [6, 6.07) is 8.09. The van der Waals surface area contributed by atoms with Gasteiger partial charge in [-0.3, -0.25) is 0 Å². The first-order chi connectivity index (χ1) is 8.20. The van der Waals surface area contributed by atoms with Crippen molar-refractivity contribution in [3.8, 4) is 11.3 Å². The van der Waals surface area contributed by atoms with Crippen LogP contribution in [0, 0.1) is 0 Å². The molecule has 17 heavy (non-hydrogen) atoms. The van der Waals surface area contributed by atoms with Crippen LogP contribution >= 0.6 is 0 Å². The summed E-state index contributed by atoms with van der Waals surface area (Å²) in [7, 11) is 0. The maximum absolute atomic E-state index is 10.7. The number of rotatable bonds is 4. The second-order valence-corrected chi connectivity index (χ2v) is 3.53. The van der Waals surface area contributed by atoms with Crippen LogP contribution in [0.4, 0.5) is 0 Å². The molecule has 1 aromatic carbocycles. The van der Waals surface area contributed by atoms with Gasteiger partial charge < -0.3 is 14.7 Å². The molecule has 0 aliphatic rings. The molecule has 0 aliphatic heterocycles. The van der Waals surface area contributed by atoms with Gasteiger partial charge in [0.15, 0.2) is 0 Å². The predicted molar refractivity (Wildman–Crippen MR) is 59.7 cm³/mol. The number of aromatic nitrogens is 1. The number of carboxylic acid groups (broad SMARTS) is 1. The average molecular weight is 233 g/mol. The summed E-state index contributed by atoms with van der Waals surface area (Å²) in [6.45, 7) is 0.00653. The highest BCUT2D eigenvalue weighted by molar-refractivity contribution is 5.88. The Kier molecular flexibility index (Phi) is 3.20. The lowest BCUT2D eigenvalue weighted by atomic mass is 10.1. The Morgan fingerprint density at radius 1 is 1.29 bits per heavy atom. The lowest BCUT2D eigenvalue weighted by Crippen LogP contribution is -1.94.